The number of hydrogen-bond acceptors (Lipinski definition) is 6. The number of anilines is 1. The lowest BCUT2D eigenvalue weighted by Gasteiger charge is -2.35. The first-order valence-electron chi connectivity index (χ1n) is 9.63. The Kier molecular flexibility index (Phi) is 6.59. The number of hydrogen-bond donors (Lipinski definition) is 1. The fraction of sp³-hybridized carbons (Fsp3) is 0.409. The van der Waals surface area contributed by atoms with E-state index < -0.39 is 11.6 Å². The van der Waals surface area contributed by atoms with Crippen LogP contribution in [0.3, 0.4) is 0 Å². The summed E-state index contributed by atoms with van der Waals surface area (Å²) in [7, 11) is 1.69. The van der Waals surface area contributed by atoms with Crippen molar-refractivity contribution < 1.29 is 19.4 Å². The average Bonchev–Trinajstić information content (AvgIpc) is 2.70. The lowest BCUT2D eigenvalue weighted by atomic mass is 10.1. The standard InChI is InChI=1S/C22H28N2O4S/c1-16-14-19(8-9-20(16)28-22(2,3)21(25)26)29-24-12-10-23(11-13-24)17-6-5-7-18(15-17)27-4/h5-9,14-15H,10-13H2,1-4H3,(H,25,26). The van der Waals surface area contributed by atoms with Gasteiger partial charge in [-0.25, -0.2) is 9.10 Å². The molecule has 0 unspecified atom stereocenters. The zero-order valence-corrected chi connectivity index (χ0v) is 18.2. The molecule has 0 aliphatic carbocycles. The Morgan fingerprint density at radius 3 is 2.45 bits per heavy atom. The highest BCUT2D eigenvalue weighted by molar-refractivity contribution is 7.97. The van der Waals surface area contributed by atoms with E-state index in [1.165, 1.54) is 5.69 Å². The second-order valence-corrected chi connectivity index (χ2v) is 8.72. The number of nitrogens with zero attached hydrogens (tertiary/aromatic N) is 2. The summed E-state index contributed by atoms with van der Waals surface area (Å²) in [4.78, 5) is 14.8. The maximum atomic E-state index is 11.3. The fourth-order valence-electron chi connectivity index (χ4n) is 3.11. The van der Waals surface area contributed by atoms with Gasteiger partial charge >= 0.3 is 5.97 Å². The van der Waals surface area contributed by atoms with Crippen molar-refractivity contribution >= 4 is 23.6 Å². The molecule has 0 saturated carbocycles. The van der Waals surface area contributed by atoms with E-state index in [9.17, 15) is 9.90 Å². The Balaban J connectivity index is 1.57. The Labute approximate surface area is 176 Å². The number of ether oxygens (including phenoxy) is 2. The van der Waals surface area contributed by atoms with Gasteiger partial charge in [-0.05, 0) is 68.6 Å². The first-order valence-corrected chi connectivity index (χ1v) is 10.4. The number of carboxylic acid groups (broad SMARTS) is 1. The van der Waals surface area contributed by atoms with E-state index in [4.69, 9.17) is 9.47 Å². The molecular formula is C22H28N2O4S. The SMILES string of the molecule is COc1cccc(N2CCN(Sc3ccc(OC(C)(C)C(=O)O)c(C)c3)CC2)c1. The Morgan fingerprint density at radius 2 is 1.83 bits per heavy atom. The van der Waals surface area contributed by atoms with Crippen molar-refractivity contribution in [3.8, 4) is 11.5 Å². The molecule has 1 fully saturated rings. The van der Waals surface area contributed by atoms with Crippen LogP contribution in [-0.4, -0.2) is 54.3 Å². The van der Waals surface area contributed by atoms with Crippen LogP contribution in [0.1, 0.15) is 19.4 Å². The van der Waals surface area contributed by atoms with E-state index in [0.29, 0.717) is 5.75 Å². The van der Waals surface area contributed by atoms with Gasteiger partial charge in [0.05, 0.1) is 7.11 Å². The molecule has 3 rings (SSSR count). The third-order valence-corrected chi connectivity index (χ3v) is 6.01. The molecule has 1 aliphatic heterocycles. The van der Waals surface area contributed by atoms with Gasteiger partial charge in [-0.1, -0.05) is 6.07 Å². The predicted molar refractivity (Wildman–Crippen MR) is 116 cm³/mol. The summed E-state index contributed by atoms with van der Waals surface area (Å²) in [5, 5.41) is 9.25. The van der Waals surface area contributed by atoms with E-state index in [-0.39, 0.29) is 0 Å². The van der Waals surface area contributed by atoms with Crippen molar-refractivity contribution in [2.75, 3.05) is 38.2 Å². The second-order valence-electron chi connectivity index (χ2n) is 7.55. The summed E-state index contributed by atoms with van der Waals surface area (Å²) < 4.78 is 13.4. The molecule has 1 N–H and O–H groups in total. The molecule has 0 radical (unpaired) electrons. The summed E-state index contributed by atoms with van der Waals surface area (Å²) in [5.41, 5.74) is 0.863. The van der Waals surface area contributed by atoms with Crippen molar-refractivity contribution in [2.45, 2.75) is 31.3 Å². The van der Waals surface area contributed by atoms with Gasteiger partial charge < -0.3 is 19.5 Å². The van der Waals surface area contributed by atoms with E-state index in [2.05, 4.69) is 21.3 Å². The number of carboxylic acids is 1. The van der Waals surface area contributed by atoms with Crippen LogP contribution in [0.15, 0.2) is 47.4 Å². The Morgan fingerprint density at radius 1 is 1.10 bits per heavy atom. The van der Waals surface area contributed by atoms with Crippen molar-refractivity contribution in [3.63, 3.8) is 0 Å². The van der Waals surface area contributed by atoms with Gasteiger partial charge in [0.15, 0.2) is 5.60 Å². The van der Waals surface area contributed by atoms with Gasteiger partial charge in [-0.2, -0.15) is 0 Å². The zero-order chi connectivity index (χ0) is 21.0. The summed E-state index contributed by atoms with van der Waals surface area (Å²) >= 11 is 1.73. The molecular weight excluding hydrogens is 388 g/mol. The topological polar surface area (TPSA) is 62.2 Å². The Bertz CT molecular complexity index is 864. The minimum absolute atomic E-state index is 0.601. The predicted octanol–water partition coefficient (Wildman–Crippen LogP) is 4.07. The molecule has 7 heteroatoms. The molecule has 0 aromatic heterocycles. The summed E-state index contributed by atoms with van der Waals surface area (Å²) in [6.07, 6.45) is 0. The maximum absolute atomic E-state index is 11.3. The number of piperazine rings is 1. The monoisotopic (exact) mass is 416 g/mol. The second kappa shape index (κ2) is 8.97. The van der Waals surface area contributed by atoms with Crippen molar-refractivity contribution in [3.05, 3.63) is 48.0 Å². The van der Waals surface area contributed by atoms with Gasteiger partial charge in [0.25, 0.3) is 0 Å². The molecule has 2 aromatic carbocycles. The minimum Gasteiger partial charge on any atom is -0.497 e. The van der Waals surface area contributed by atoms with Gasteiger partial charge in [-0.15, -0.1) is 0 Å². The number of carbonyl (C=O) groups is 1. The number of rotatable bonds is 7. The summed E-state index contributed by atoms with van der Waals surface area (Å²) in [6.45, 7) is 8.85. The van der Waals surface area contributed by atoms with E-state index in [1.807, 2.05) is 37.3 Å². The van der Waals surface area contributed by atoms with Gasteiger partial charge in [0.1, 0.15) is 11.5 Å². The van der Waals surface area contributed by atoms with E-state index in [1.54, 1.807) is 32.9 Å². The third kappa shape index (κ3) is 5.36. The van der Waals surface area contributed by atoms with Crippen LogP contribution in [0, 0.1) is 6.92 Å². The zero-order valence-electron chi connectivity index (χ0n) is 17.3. The molecule has 2 aromatic rings. The minimum atomic E-state index is -1.25. The largest absolute Gasteiger partial charge is 0.497 e. The summed E-state index contributed by atoms with van der Waals surface area (Å²) in [6, 6.07) is 14.1. The molecule has 0 bridgehead atoms. The van der Waals surface area contributed by atoms with Crippen LogP contribution in [0.5, 0.6) is 11.5 Å². The highest BCUT2D eigenvalue weighted by Crippen LogP contribution is 2.31. The first-order chi connectivity index (χ1) is 13.8. The lowest BCUT2D eigenvalue weighted by molar-refractivity contribution is -0.152. The van der Waals surface area contributed by atoms with Gasteiger partial charge in [-0.3, -0.25) is 0 Å². The van der Waals surface area contributed by atoms with Crippen LogP contribution < -0.4 is 14.4 Å². The molecule has 1 saturated heterocycles. The number of benzene rings is 2. The van der Waals surface area contributed by atoms with Crippen LogP contribution in [0.4, 0.5) is 5.69 Å². The maximum Gasteiger partial charge on any atom is 0.347 e. The van der Waals surface area contributed by atoms with Crippen LogP contribution in [0.25, 0.3) is 0 Å². The van der Waals surface area contributed by atoms with Crippen molar-refractivity contribution in [1.82, 2.24) is 4.31 Å². The quantitative estimate of drug-likeness (QED) is 0.683. The van der Waals surface area contributed by atoms with Gasteiger partial charge in [0.2, 0.25) is 0 Å². The fourth-order valence-corrected chi connectivity index (χ4v) is 4.11. The lowest BCUT2D eigenvalue weighted by Crippen LogP contribution is -2.43. The van der Waals surface area contributed by atoms with Gasteiger partial charge in [0, 0.05) is 42.8 Å². The molecule has 29 heavy (non-hydrogen) atoms. The number of aryl methyl sites for hydroxylation is 1. The highest BCUT2D eigenvalue weighted by atomic mass is 32.2. The number of aliphatic carboxylic acids is 1. The van der Waals surface area contributed by atoms with Crippen molar-refractivity contribution in [1.29, 1.82) is 0 Å². The average molecular weight is 417 g/mol. The molecule has 6 nitrogen and oxygen atoms in total. The highest BCUT2D eigenvalue weighted by Gasteiger charge is 2.30. The third-order valence-electron chi connectivity index (χ3n) is 4.92. The van der Waals surface area contributed by atoms with Crippen molar-refractivity contribution in [2.24, 2.45) is 0 Å². The van der Waals surface area contributed by atoms with Crippen LogP contribution in [0.2, 0.25) is 0 Å². The van der Waals surface area contributed by atoms with E-state index in [0.717, 1.165) is 42.4 Å². The molecule has 0 amide bonds. The smallest absolute Gasteiger partial charge is 0.347 e. The molecule has 0 atom stereocenters. The molecule has 156 valence electrons. The normalized spacial score (nSPS) is 15.2. The summed E-state index contributed by atoms with van der Waals surface area (Å²) in [5.74, 6) is 0.497. The van der Waals surface area contributed by atoms with Crippen LogP contribution >= 0.6 is 11.9 Å². The molecule has 1 aliphatic rings. The first kappa shape index (κ1) is 21.3. The molecule has 1 heterocycles. The Hall–Kier alpha value is -2.38. The van der Waals surface area contributed by atoms with Crippen LogP contribution in [-0.2, 0) is 4.79 Å². The van der Waals surface area contributed by atoms with E-state index >= 15 is 0 Å². The molecule has 0 spiro atoms. The number of methoxy groups -OCH3 is 1.